The summed E-state index contributed by atoms with van der Waals surface area (Å²) in [5, 5.41) is 0. The van der Waals surface area contributed by atoms with Crippen molar-refractivity contribution in [2.24, 2.45) is 0 Å². The predicted molar refractivity (Wildman–Crippen MR) is 36.8 cm³/mol. The summed E-state index contributed by atoms with van der Waals surface area (Å²) in [5.41, 5.74) is 0. The second-order valence-corrected chi connectivity index (χ2v) is 18.1. The molecule has 0 spiro atoms. The van der Waals surface area contributed by atoms with Crippen LogP contribution in [0, 0.1) is 0 Å². The molecule has 0 aromatic carbocycles. The lowest BCUT2D eigenvalue weighted by Crippen LogP contribution is -2.36. The molecule has 0 fully saturated rings. The molecule has 0 aromatic rings. The molecule has 0 nitrogen and oxygen atoms in total. The molecule has 0 saturated heterocycles. The van der Waals surface area contributed by atoms with Gasteiger partial charge in [-0.05, 0) is 0 Å². The van der Waals surface area contributed by atoms with Crippen molar-refractivity contribution >= 4 is 25.9 Å². The summed E-state index contributed by atoms with van der Waals surface area (Å²) in [6, 6.07) is 0. The van der Waals surface area contributed by atoms with Crippen LogP contribution >= 0.6 is 0 Å². The van der Waals surface area contributed by atoms with Gasteiger partial charge in [0.25, 0.3) is 0 Å². The molecule has 0 bridgehead atoms. The summed E-state index contributed by atoms with van der Waals surface area (Å²) in [5.74, 6) is 0. The first-order chi connectivity index (χ1) is 3.12. The highest BCUT2D eigenvalue weighted by Gasteiger charge is 2.28. The fourth-order valence-electron chi connectivity index (χ4n) is 0.250. The molecule has 0 aliphatic heterocycles. The van der Waals surface area contributed by atoms with E-state index in [-0.39, 0.29) is 0 Å². The third-order valence-corrected chi connectivity index (χ3v) is 18.3. The molecule has 0 N–H and O–H groups in total. The fraction of sp³-hybridized carbons (Fsp3) is 1.00. The van der Waals surface area contributed by atoms with E-state index >= 15 is 0 Å². The van der Waals surface area contributed by atoms with Crippen LogP contribution in [0.25, 0.3) is 0 Å². The van der Waals surface area contributed by atoms with Crippen LogP contribution in [0.1, 0.15) is 0 Å². The Morgan fingerprint density at radius 1 is 1.14 bits per heavy atom. The lowest BCUT2D eigenvalue weighted by molar-refractivity contribution is 0.678. The summed E-state index contributed by atoms with van der Waals surface area (Å²) in [4.78, 5) is 0. The molecular weight excluding hydrogens is 146 g/mol. The van der Waals surface area contributed by atoms with E-state index in [2.05, 4.69) is 0 Å². The van der Waals surface area contributed by atoms with Crippen LogP contribution in [-0.2, 0) is 0 Å². The van der Waals surface area contributed by atoms with Crippen molar-refractivity contribution in [3.05, 3.63) is 0 Å². The van der Waals surface area contributed by atoms with Crippen molar-refractivity contribution in [3.63, 3.8) is 0 Å². The molecule has 0 amide bonds. The first-order valence-corrected chi connectivity index (χ1v) is 11.7. The van der Waals surface area contributed by atoms with E-state index < -0.39 is 25.9 Å². The number of rotatable bonds is 2. The standard InChI is InChI=1S/C2H10F2Si3/c1-5-7(3,4)6-2/h5-6H2,1-2H3. The number of halogens is 2. The highest BCUT2D eigenvalue weighted by Crippen LogP contribution is 2.00. The highest BCUT2D eigenvalue weighted by molar-refractivity contribution is 7.43. The Labute approximate surface area is 47.9 Å². The molecule has 0 aromatic heterocycles. The molecule has 0 unspecified atom stereocenters. The van der Waals surface area contributed by atoms with Gasteiger partial charge in [0, 0.05) is 0 Å². The van der Waals surface area contributed by atoms with Gasteiger partial charge in [0.05, 0.1) is 18.1 Å². The molecule has 0 heterocycles. The first-order valence-electron chi connectivity index (χ1n) is 2.50. The molecule has 0 aliphatic rings. The summed E-state index contributed by atoms with van der Waals surface area (Å²) >= 11 is 0. The summed E-state index contributed by atoms with van der Waals surface area (Å²) in [6.45, 7) is 3.45. The molecule has 5 heteroatoms. The zero-order valence-electron chi connectivity index (χ0n) is 4.67. The second-order valence-electron chi connectivity index (χ2n) is 1.56. The van der Waals surface area contributed by atoms with Gasteiger partial charge in [0.15, 0.2) is 0 Å². The molecule has 0 radical (unpaired) electrons. The lowest BCUT2D eigenvalue weighted by atomic mass is 11.9. The zero-order chi connectivity index (χ0) is 5.91. The summed E-state index contributed by atoms with van der Waals surface area (Å²) in [7, 11) is -5.16. The molecular formula is C2H10F2Si3. The van der Waals surface area contributed by atoms with Crippen molar-refractivity contribution in [2.75, 3.05) is 0 Å². The Morgan fingerprint density at radius 3 is 1.43 bits per heavy atom. The minimum absolute atomic E-state index is 0.891. The summed E-state index contributed by atoms with van der Waals surface area (Å²) in [6.07, 6.45) is 0. The van der Waals surface area contributed by atoms with Crippen LogP contribution in [-0.4, -0.2) is 25.9 Å². The van der Waals surface area contributed by atoms with Gasteiger partial charge in [-0.2, -0.15) is 0 Å². The predicted octanol–water partition coefficient (Wildman–Crippen LogP) is -0.205. The van der Waals surface area contributed by atoms with Crippen LogP contribution in [0.15, 0.2) is 0 Å². The Balaban J connectivity index is 3.36. The van der Waals surface area contributed by atoms with Crippen molar-refractivity contribution in [1.82, 2.24) is 0 Å². The Hall–Kier alpha value is 0.511. The van der Waals surface area contributed by atoms with E-state index in [4.69, 9.17) is 0 Å². The van der Waals surface area contributed by atoms with Crippen molar-refractivity contribution in [3.8, 4) is 0 Å². The van der Waals surface area contributed by atoms with Crippen molar-refractivity contribution in [2.45, 2.75) is 13.1 Å². The van der Waals surface area contributed by atoms with Crippen LogP contribution in [0.3, 0.4) is 0 Å². The SMILES string of the molecule is C[SiH2][Si](F)(F)[SiH2]C. The van der Waals surface area contributed by atoms with E-state index in [0.29, 0.717) is 0 Å². The monoisotopic (exact) mass is 156 g/mol. The second kappa shape index (κ2) is 2.73. The van der Waals surface area contributed by atoms with Crippen LogP contribution in [0.5, 0.6) is 0 Å². The fourth-order valence-corrected chi connectivity index (χ4v) is 6.75. The Kier molecular flexibility index (Phi) is 2.93. The Morgan fingerprint density at radius 2 is 1.43 bits per heavy atom. The third-order valence-electron chi connectivity index (χ3n) is 1.03. The minimum Gasteiger partial charge on any atom is -0.281 e. The van der Waals surface area contributed by atoms with Gasteiger partial charge < -0.3 is 0 Å². The maximum atomic E-state index is 12.1. The molecule has 44 valence electrons. The normalized spacial score (nSPS) is 15.4. The topological polar surface area (TPSA) is 0 Å². The smallest absolute Gasteiger partial charge is 0.281 e. The molecule has 0 aliphatic carbocycles. The van der Waals surface area contributed by atoms with Crippen molar-refractivity contribution in [1.29, 1.82) is 0 Å². The van der Waals surface area contributed by atoms with E-state index in [1.54, 1.807) is 13.1 Å². The molecule has 0 rings (SSSR count). The zero-order valence-corrected chi connectivity index (χ0v) is 8.50. The quantitative estimate of drug-likeness (QED) is 0.383. The van der Waals surface area contributed by atoms with Gasteiger partial charge in [0.1, 0.15) is 0 Å². The maximum absolute atomic E-state index is 12.1. The summed E-state index contributed by atoms with van der Waals surface area (Å²) < 4.78 is 24.3. The largest absolute Gasteiger partial charge is 0.370 e. The Bertz CT molecular complexity index is 48.9. The van der Waals surface area contributed by atoms with E-state index in [1.807, 2.05) is 0 Å². The van der Waals surface area contributed by atoms with Gasteiger partial charge in [-0.25, -0.2) is 0 Å². The van der Waals surface area contributed by atoms with E-state index in [0.717, 1.165) is 0 Å². The van der Waals surface area contributed by atoms with Crippen LogP contribution in [0.2, 0.25) is 13.1 Å². The average molecular weight is 156 g/mol. The van der Waals surface area contributed by atoms with Gasteiger partial charge in [-0.1, -0.05) is 13.1 Å². The van der Waals surface area contributed by atoms with E-state index in [1.165, 1.54) is 0 Å². The van der Waals surface area contributed by atoms with E-state index in [9.17, 15) is 8.22 Å². The van der Waals surface area contributed by atoms with Gasteiger partial charge in [0.2, 0.25) is 0 Å². The average Bonchev–Trinajstić information content (AvgIpc) is 1.68. The van der Waals surface area contributed by atoms with Crippen LogP contribution < -0.4 is 0 Å². The third kappa shape index (κ3) is 3.13. The number of hydrogen-bond acceptors (Lipinski definition) is 0. The molecule has 7 heavy (non-hydrogen) atoms. The first kappa shape index (κ1) is 7.51. The van der Waals surface area contributed by atoms with Gasteiger partial charge in [-0.3, -0.25) is 8.22 Å². The molecule has 0 atom stereocenters. The molecule has 0 saturated carbocycles. The minimum atomic E-state index is -3.37. The lowest BCUT2D eigenvalue weighted by Gasteiger charge is -2.03. The van der Waals surface area contributed by atoms with Gasteiger partial charge in [-0.15, -0.1) is 0 Å². The number of hydrogen-bond donors (Lipinski definition) is 0. The van der Waals surface area contributed by atoms with Crippen molar-refractivity contribution < 1.29 is 8.22 Å². The van der Waals surface area contributed by atoms with Gasteiger partial charge >= 0.3 is 7.78 Å². The highest BCUT2D eigenvalue weighted by atomic mass is 29.6. The maximum Gasteiger partial charge on any atom is 0.370 e. The van der Waals surface area contributed by atoms with Crippen LogP contribution in [0.4, 0.5) is 8.22 Å².